The molecule has 1 N–H and O–H groups in total. The van der Waals surface area contributed by atoms with Crippen LogP contribution >= 0.6 is 0 Å². The van der Waals surface area contributed by atoms with Crippen molar-refractivity contribution in [3.05, 3.63) is 113 Å². The molecule has 1 saturated heterocycles. The first-order valence-electron chi connectivity index (χ1n) is 13.2. The van der Waals surface area contributed by atoms with Gasteiger partial charge in [-0.05, 0) is 61.4 Å². The lowest BCUT2D eigenvalue weighted by Gasteiger charge is -2.32. The minimum Gasteiger partial charge on any atom is -0.489 e. The van der Waals surface area contributed by atoms with Gasteiger partial charge < -0.3 is 19.2 Å². The Morgan fingerprint density at radius 3 is 2.60 bits per heavy atom. The summed E-state index contributed by atoms with van der Waals surface area (Å²) in [5, 5.41) is 0.699. The third kappa shape index (κ3) is 4.57. The Labute approximate surface area is 228 Å². The van der Waals surface area contributed by atoms with Crippen LogP contribution in [0.3, 0.4) is 0 Å². The highest BCUT2D eigenvalue weighted by Crippen LogP contribution is 2.32. The number of piperidine rings is 1. The van der Waals surface area contributed by atoms with Gasteiger partial charge in [0.25, 0.3) is 5.91 Å². The number of carbonyl (C=O) groups excluding carboxylic acids is 1. The maximum absolute atomic E-state index is 14.7. The predicted octanol–water partition coefficient (Wildman–Crippen LogP) is 5.65. The summed E-state index contributed by atoms with van der Waals surface area (Å²) >= 11 is 0. The van der Waals surface area contributed by atoms with Gasteiger partial charge in [0.2, 0.25) is 0 Å². The zero-order chi connectivity index (χ0) is 27.8. The number of amides is 1. The first-order valence-corrected chi connectivity index (χ1v) is 13.2. The van der Waals surface area contributed by atoms with Gasteiger partial charge in [0.15, 0.2) is 0 Å². The molecule has 40 heavy (non-hydrogen) atoms. The van der Waals surface area contributed by atoms with E-state index in [4.69, 9.17) is 4.74 Å². The van der Waals surface area contributed by atoms with Crippen LogP contribution in [0.5, 0.6) is 5.75 Å². The van der Waals surface area contributed by atoms with Crippen LogP contribution in [0.4, 0.5) is 8.78 Å². The number of rotatable bonds is 7. The fourth-order valence-corrected chi connectivity index (χ4v) is 5.64. The Morgan fingerprint density at radius 2 is 1.80 bits per heavy atom. The van der Waals surface area contributed by atoms with Gasteiger partial charge in [0.1, 0.15) is 29.7 Å². The van der Waals surface area contributed by atoms with Crippen LogP contribution in [-0.4, -0.2) is 44.6 Å². The number of imidazole rings is 1. The van der Waals surface area contributed by atoms with Crippen LogP contribution in [0.25, 0.3) is 21.9 Å². The number of ether oxygens (including phenoxy) is 1. The average molecular weight is 543 g/mol. The summed E-state index contributed by atoms with van der Waals surface area (Å²) < 4.78 is 38.0. The summed E-state index contributed by atoms with van der Waals surface area (Å²) in [6.45, 7) is 4.85. The standard InChI is InChI=1S/C31H28F2N4O3/c1-2-16-40-29-9-5-8-26-23(29)18-28(36(26)19-20-17-21(32)10-11-24(20)33)30(38)35-14-12-22(13-15-35)37-27-7-4-3-6-25(27)34-31(37)39/h2-11,17-18,22H,1,12-16,19H2,(H,34,39). The van der Waals surface area contributed by atoms with E-state index in [1.165, 1.54) is 0 Å². The van der Waals surface area contributed by atoms with E-state index < -0.39 is 11.6 Å². The SMILES string of the molecule is C=CCOc1cccc2c1cc(C(=O)N1CCC(n3c(=O)[nH]c4ccccc43)CC1)n2Cc1cc(F)ccc1F. The lowest BCUT2D eigenvalue weighted by molar-refractivity contribution is 0.0685. The van der Waals surface area contributed by atoms with Gasteiger partial charge >= 0.3 is 5.69 Å². The number of halogens is 2. The van der Waals surface area contributed by atoms with E-state index in [2.05, 4.69) is 11.6 Å². The largest absolute Gasteiger partial charge is 0.489 e. The van der Waals surface area contributed by atoms with Gasteiger partial charge in [0, 0.05) is 30.1 Å². The summed E-state index contributed by atoms with van der Waals surface area (Å²) in [5.41, 5.74) is 2.65. The molecule has 0 aliphatic carbocycles. The average Bonchev–Trinajstić information content (AvgIpc) is 3.50. The van der Waals surface area contributed by atoms with E-state index in [1.807, 2.05) is 30.3 Å². The molecule has 0 unspecified atom stereocenters. The summed E-state index contributed by atoms with van der Waals surface area (Å²) in [5.74, 6) is -0.745. The number of aromatic amines is 1. The number of nitrogens with one attached hydrogen (secondary N) is 1. The number of aromatic nitrogens is 3. The summed E-state index contributed by atoms with van der Waals surface area (Å²) in [4.78, 5) is 31.3. The Balaban J connectivity index is 1.33. The molecule has 0 saturated carbocycles. The smallest absolute Gasteiger partial charge is 0.326 e. The van der Waals surface area contributed by atoms with Gasteiger partial charge in [-0.3, -0.25) is 9.36 Å². The Bertz CT molecular complexity index is 1790. The molecule has 1 amide bonds. The van der Waals surface area contributed by atoms with Gasteiger partial charge in [0.05, 0.1) is 23.1 Å². The lowest BCUT2D eigenvalue weighted by atomic mass is 10.0. The molecular weight excluding hydrogens is 514 g/mol. The van der Waals surface area contributed by atoms with Crippen molar-refractivity contribution in [3.8, 4) is 5.75 Å². The minimum absolute atomic E-state index is 0.0275. The number of para-hydroxylation sites is 2. The van der Waals surface area contributed by atoms with Gasteiger partial charge in [-0.1, -0.05) is 30.9 Å². The van der Waals surface area contributed by atoms with Crippen molar-refractivity contribution in [2.75, 3.05) is 19.7 Å². The van der Waals surface area contributed by atoms with Crippen molar-refractivity contribution in [1.29, 1.82) is 0 Å². The summed E-state index contributed by atoms with van der Waals surface area (Å²) in [6, 6.07) is 18.0. The molecule has 1 fully saturated rings. The maximum Gasteiger partial charge on any atom is 0.326 e. The van der Waals surface area contributed by atoms with Crippen LogP contribution in [0.1, 0.15) is 34.9 Å². The molecule has 0 spiro atoms. The first-order chi connectivity index (χ1) is 19.4. The second-order valence-corrected chi connectivity index (χ2v) is 9.98. The quantitative estimate of drug-likeness (QED) is 0.270. The molecule has 2 aromatic heterocycles. The molecular formula is C31H28F2N4O3. The number of H-pyrrole nitrogens is 1. The monoisotopic (exact) mass is 542 g/mol. The summed E-state index contributed by atoms with van der Waals surface area (Å²) in [6.07, 6.45) is 2.85. The number of hydrogen-bond donors (Lipinski definition) is 1. The molecule has 3 aromatic carbocycles. The third-order valence-corrected chi connectivity index (χ3v) is 7.56. The van der Waals surface area contributed by atoms with E-state index in [0.717, 1.165) is 29.2 Å². The topological polar surface area (TPSA) is 72.3 Å². The minimum atomic E-state index is -0.551. The van der Waals surface area contributed by atoms with Gasteiger partial charge in [-0.15, -0.1) is 0 Å². The summed E-state index contributed by atoms with van der Waals surface area (Å²) in [7, 11) is 0. The van der Waals surface area contributed by atoms with Crippen LogP contribution in [-0.2, 0) is 6.54 Å². The molecule has 0 radical (unpaired) electrons. The van der Waals surface area contributed by atoms with Crippen molar-refractivity contribution in [2.24, 2.45) is 0 Å². The molecule has 1 aliphatic heterocycles. The second kappa shape index (κ2) is 10.5. The normalized spacial score (nSPS) is 14.2. The van der Waals surface area contributed by atoms with Gasteiger partial charge in [-0.2, -0.15) is 0 Å². The molecule has 9 heteroatoms. The van der Waals surface area contributed by atoms with Crippen LogP contribution in [0.15, 0.2) is 84.2 Å². The van der Waals surface area contributed by atoms with Crippen molar-refractivity contribution in [3.63, 3.8) is 0 Å². The Morgan fingerprint density at radius 1 is 1.02 bits per heavy atom. The molecule has 1 aliphatic rings. The fourth-order valence-electron chi connectivity index (χ4n) is 5.64. The highest BCUT2D eigenvalue weighted by atomic mass is 19.1. The third-order valence-electron chi connectivity index (χ3n) is 7.56. The molecule has 5 aromatic rings. The Kier molecular flexibility index (Phi) is 6.71. The zero-order valence-corrected chi connectivity index (χ0v) is 21.8. The molecule has 3 heterocycles. The number of likely N-dealkylation sites (tertiary alicyclic amines) is 1. The highest BCUT2D eigenvalue weighted by molar-refractivity contribution is 6.00. The maximum atomic E-state index is 14.7. The highest BCUT2D eigenvalue weighted by Gasteiger charge is 2.29. The lowest BCUT2D eigenvalue weighted by Crippen LogP contribution is -2.41. The Hall–Kier alpha value is -4.66. The van der Waals surface area contributed by atoms with E-state index in [0.29, 0.717) is 48.3 Å². The predicted molar refractivity (Wildman–Crippen MR) is 150 cm³/mol. The van der Waals surface area contributed by atoms with Crippen molar-refractivity contribution < 1.29 is 18.3 Å². The van der Waals surface area contributed by atoms with Crippen LogP contribution in [0.2, 0.25) is 0 Å². The number of benzene rings is 3. The van der Waals surface area contributed by atoms with Crippen molar-refractivity contribution in [1.82, 2.24) is 19.0 Å². The van der Waals surface area contributed by atoms with Crippen LogP contribution in [0, 0.1) is 11.6 Å². The first kappa shape index (κ1) is 25.6. The number of carbonyl (C=O) groups is 1. The molecule has 6 rings (SSSR count). The van der Waals surface area contributed by atoms with E-state index >= 15 is 0 Å². The number of fused-ring (bicyclic) bond motifs is 2. The number of nitrogens with zero attached hydrogens (tertiary/aromatic N) is 3. The van der Waals surface area contributed by atoms with Crippen LogP contribution < -0.4 is 10.4 Å². The van der Waals surface area contributed by atoms with E-state index in [-0.39, 0.29) is 36.4 Å². The van der Waals surface area contributed by atoms with Crippen molar-refractivity contribution >= 4 is 27.8 Å². The molecule has 0 bridgehead atoms. The number of hydrogen-bond acceptors (Lipinski definition) is 3. The van der Waals surface area contributed by atoms with Gasteiger partial charge in [-0.25, -0.2) is 13.6 Å². The van der Waals surface area contributed by atoms with Crippen molar-refractivity contribution in [2.45, 2.75) is 25.4 Å². The molecule has 7 nitrogen and oxygen atoms in total. The second-order valence-electron chi connectivity index (χ2n) is 9.98. The fraction of sp³-hybridized carbons (Fsp3) is 0.226. The van der Waals surface area contributed by atoms with E-state index in [1.54, 1.807) is 38.3 Å². The van der Waals surface area contributed by atoms with E-state index in [9.17, 15) is 18.4 Å². The molecule has 204 valence electrons. The molecule has 0 atom stereocenters. The zero-order valence-electron chi connectivity index (χ0n) is 21.8.